The molecule has 9 nitrogen and oxygen atoms in total. The van der Waals surface area contributed by atoms with Crippen LogP contribution in [-0.4, -0.2) is 55.6 Å². The molecule has 0 aromatic carbocycles. The van der Waals surface area contributed by atoms with E-state index in [-0.39, 0.29) is 6.10 Å². The Morgan fingerprint density at radius 2 is 2.03 bits per heavy atom. The Labute approximate surface area is 205 Å². The number of ether oxygens (including phenoxy) is 2. The van der Waals surface area contributed by atoms with E-state index in [4.69, 9.17) is 14.5 Å². The molecule has 2 aromatic rings. The number of aliphatic imine (C=N–C) groups is 1. The van der Waals surface area contributed by atoms with E-state index in [1.165, 1.54) is 0 Å². The van der Waals surface area contributed by atoms with Gasteiger partial charge < -0.3 is 25.0 Å². The Morgan fingerprint density at radius 3 is 2.91 bits per heavy atom. The van der Waals surface area contributed by atoms with Crippen molar-refractivity contribution in [2.45, 2.75) is 25.4 Å². The molecule has 0 bridgehead atoms. The van der Waals surface area contributed by atoms with Gasteiger partial charge in [0.2, 0.25) is 0 Å². The minimum Gasteiger partial charge on any atom is -0.484 e. The zero-order valence-electron chi connectivity index (χ0n) is 20.1. The van der Waals surface area contributed by atoms with Gasteiger partial charge in [0.05, 0.1) is 18.5 Å². The molecule has 5 heterocycles. The first-order valence-corrected chi connectivity index (χ1v) is 11.9. The summed E-state index contributed by atoms with van der Waals surface area (Å²) >= 11 is 0. The average Bonchev–Trinajstić information content (AvgIpc) is 3.23. The summed E-state index contributed by atoms with van der Waals surface area (Å²) in [4.78, 5) is 17.8. The summed E-state index contributed by atoms with van der Waals surface area (Å²) < 4.78 is 11.6. The minimum atomic E-state index is 0.0681. The van der Waals surface area contributed by atoms with Gasteiger partial charge in [-0.2, -0.15) is 0 Å². The molecule has 1 fully saturated rings. The van der Waals surface area contributed by atoms with E-state index in [9.17, 15) is 0 Å². The lowest BCUT2D eigenvalue weighted by atomic mass is 10.2. The Kier molecular flexibility index (Phi) is 6.41. The zero-order chi connectivity index (χ0) is 24.4. The van der Waals surface area contributed by atoms with Gasteiger partial charge in [0.15, 0.2) is 23.3 Å². The van der Waals surface area contributed by atoms with Gasteiger partial charge in [-0.3, -0.25) is 9.89 Å². The third kappa shape index (κ3) is 5.00. The van der Waals surface area contributed by atoms with E-state index in [1.54, 1.807) is 6.21 Å². The van der Waals surface area contributed by atoms with Crippen LogP contribution in [0, 0.1) is 0 Å². The quantitative estimate of drug-likeness (QED) is 0.561. The molecule has 0 saturated carbocycles. The molecule has 1 unspecified atom stereocenters. The topological polar surface area (TPSA) is 87.1 Å². The molecule has 2 N–H and O–H groups in total. The van der Waals surface area contributed by atoms with Crippen LogP contribution in [0.15, 0.2) is 66.3 Å². The van der Waals surface area contributed by atoms with Crippen molar-refractivity contribution in [1.29, 1.82) is 0 Å². The van der Waals surface area contributed by atoms with E-state index in [1.807, 2.05) is 35.0 Å². The fraction of sp³-hybridized carbons (Fsp3) is 0.346. The number of aryl methyl sites for hydroxylation is 1. The van der Waals surface area contributed by atoms with E-state index in [2.05, 4.69) is 46.4 Å². The van der Waals surface area contributed by atoms with Crippen LogP contribution < -0.4 is 25.2 Å². The minimum absolute atomic E-state index is 0.0681. The van der Waals surface area contributed by atoms with Gasteiger partial charge in [-0.1, -0.05) is 13.2 Å². The highest BCUT2D eigenvalue weighted by Crippen LogP contribution is 2.33. The summed E-state index contributed by atoms with van der Waals surface area (Å²) in [5.41, 5.74) is 3.58. The van der Waals surface area contributed by atoms with Crippen LogP contribution in [0.25, 0.3) is 0 Å². The number of nitrogens with zero attached hydrogens (tertiary/aromatic N) is 5. The third-order valence-corrected chi connectivity index (χ3v) is 6.25. The first-order chi connectivity index (χ1) is 17.0. The fourth-order valence-electron chi connectivity index (χ4n) is 4.25. The van der Waals surface area contributed by atoms with Gasteiger partial charge in [0, 0.05) is 18.4 Å². The summed E-state index contributed by atoms with van der Waals surface area (Å²) in [6.45, 7) is 14.9. The predicted octanol–water partition coefficient (Wildman–Crippen LogP) is 3.75. The first kappa shape index (κ1) is 22.9. The molecule has 0 radical (unpaired) electrons. The molecular formula is C26H31N7O2. The van der Waals surface area contributed by atoms with Crippen molar-refractivity contribution in [2.75, 3.05) is 48.4 Å². The van der Waals surface area contributed by atoms with Crippen LogP contribution in [-0.2, 0) is 11.2 Å². The van der Waals surface area contributed by atoms with Crippen molar-refractivity contribution >= 4 is 29.4 Å². The monoisotopic (exact) mass is 473 g/mol. The second kappa shape index (κ2) is 9.79. The van der Waals surface area contributed by atoms with Crippen molar-refractivity contribution in [3.8, 4) is 5.75 Å². The lowest BCUT2D eigenvalue weighted by Crippen LogP contribution is -2.26. The number of pyridine rings is 2. The molecule has 3 aliphatic rings. The first-order valence-electron chi connectivity index (χ1n) is 11.9. The molecule has 0 spiro atoms. The second-order valence-corrected chi connectivity index (χ2v) is 8.87. The molecule has 1 saturated heterocycles. The number of hydrogen-bond donors (Lipinski definition) is 2. The number of aromatic nitrogens is 2. The summed E-state index contributed by atoms with van der Waals surface area (Å²) in [7, 11) is 1.97. The molecule has 35 heavy (non-hydrogen) atoms. The van der Waals surface area contributed by atoms with Gasteiger partial charge in [0.25, 0.3) is 0 Å². The smallest absolute Gasteiger partial charge is 0.187 e. The number of hydrogen-bond acceptors (Lipinski definition) is 9. The van der Waals surface area contributed by atoms with E-state index in [0.29, 0.717) is 24.9 Å². The normalized spacial score (nSPS) is 18.7. The largest absolute Gasteiger partial charge is 0.484 e. The highest BCUT2D eigenvalue weighted by molar-refractivity contribution is 5.91. The molecular weight excluding hydrogens is 442 g/mol. The summed E-state index contributed by atoms with van der Waals surface area (Å²) in [6.07, 6.45) is 4.63. The lowest BCUT2D eigenvalue weighted by molar-refractivity contribution is 0.160. The molecule has 0 aliphatic carbocycles. The maximum Gasteiger partial charge on any atom is 0.187 e. The predicted molar refractivity (Wildman–Crippen MR) is 140 cm³/mol. The number of rotatable bonds is 8. The van der Waals surface area contributed by atoms with Gasteiger partial charge in [-0.15, -0.1) is 0 Å². The van der Waals surface area contributed by atoms with Crippen molar-refractivity contribution in [3.05, 3.63) is 67.0 Å². The molecule has 5 rings (SSSR count). The molecule has 182 valence electrons. The van der Waals surface area contributed by atoms with E-state index >= 15 is 0 Å². The van der Waals surface area contributed by atoms with Crippen LogP contribution in [0.4, 0.5) is 23.1 Å². The molecule has 9 heteroatoms. The Bertz CT molecular complexity index is 1190. The lowest BCUT2D eigenvalue weighted by Gasteiger charge is -2.23. The molecule has 2 aromatic heterocycles. The van der Waals surface area contributed by atoms with Crippen LogP contribution in [0.2, 0.25) is 0 Å². The van der Waals surface area contributed by atoms with Crippen molar-refractivity contribution in [3.63, 3.8) is 0 Å². The Morgan fingerprint density at radius 1 is 1.14 bits per heavy atom. The molecule has 3 aliphatic heterocycles. The number of fused-ring (bicyclic) bond motifs is 2. The maximum atomic E-state index is 5.99. The zero-order valence-corrected chi connectivity index (χ0v) is 20.1. The van der Waals surface area contributed by atoms with Crippen LogP contribution in [0.3, 0.4) is 0 Å². The van der Waals surface area contributed by atoms with E-state index in [0.717, 1.165) is 72.5 Å². The summed E-state index contributed by atoms with van der Waals surface area (Å²) in [5.74, 6) is 3.67. The number of allylic oxidation sites excluding steroid dienone is 1. The highest BCUT2D eigenvalue weighted by atomic mass is 16.5. The Balaban J connectivity index is 1.05. The van der Waals surface area contributed by atoms with Crippen LogP contribution >= 0.6 is 0 Å². The fourth-order valence-corrected chi connectivity index (χ4v) is 4.25. The second-order valence-electron chi connectivity index (χ2n) is 8.87. The summed E-state index contributed by atoms with van der Waals surface area (Å²) in [5, 5.41) is 6.70. The maximum absolute atomic E-state index is 5.99. The highest BCUT2D eigenvalue weighted by Gasteiger charge is 2.29. The van der Waals surface area contributed by atoms with Crippen LogP contribution in [0.5, 0.6) is 5.75 Å². The van der Waals surface area contributed by atoms with Gasteiger partial charge in [-0.05, 0) is 63.2 Å². The van der Waals surface area contributed by atoms with Crippen molar-refractivity contribution in [1.82, 2.24) is 15.3 Å². The van der Waals surface area contributed by atoms with Gasteiger partial charge in [0.1, 0.15) is 24.2 Å². The van der Waals surface area contributed by atoms with Crippen molar-refractivity contribution in [2.24, 2.45) is 4.99 Å². The molecule has 1 atom stereocenters. The number of anilines is 3. The van der Waals surface area contributed by atoms with Gasteiger partial charge in [-0.25, -0.2) is 9.97 Å². The summed E-state index contributed by atoms with van der Waals surface area (Å²) in [6, 6.07) is 7.92. The SMILES string of the molecule is C=C1COc2ccc(N3CC(CCNCCCc4ccc5c(n4)N(C)C(=C)C=N5)OC3=C)nc2N1. The standard InChI is InChI=1S/C26H31N7O2/c1-17-16-34-23-9-10-24(31-25(23)29-17)33-15-21(35-19(33)3)11-13-27-12-5-6-20-7-8-22-26(30-20)32(4)18(2)14-28-22/h7-10,14,21,27H,1-3,5-6,11-13,15-16H2,4H3,(H,29,31). The van der Waals surface area contributed by atoms with Crippen molar-refractivity contribution < 1.29 is 9.47 Å². The Hall–Kier alpha value is -3.85. The molecule has 0 amide bonds. The van der Waals surface area contributed by atoms with Gasteiger partial charge >= 0.3 is 0 Å². The average molecular weight is 474 g/mol. The third-order valence-electron chi connectivity index (χ3n) is 6.25. The number of nitrogens with one attached hydrogen (secondary N) is 2. The van der Waals surface area contributed by atoms with Crippen LogP contribution in [0.1, 0.15) is 18.5 Å². The van der Waals surface area contributed by atoms with E-state index < -0.39 is 0 Å².